The fourth-order valence-corrected chi connectivity index (χ4v) is 2.09. The van der Waals surface area contributed by atoms with Crippen molar-refractivity contribution in [2.45, 2.75) is 20.0 Å². The van der Waals surface area contributed by atoms with Gasteiger partial charge in [-0.05, 0) is 42.8 Å². The minimum absolute atomic E-state index is 0.0218. The zero-order chi connectivity index (χ0) is 13.1. The lowest BCUT2D eigenvalue weighted by molar-refractivity contribution is 0.0585. The van der Waals surface area contributed by atoms with E-state index in [1.165, 1.54) is 0 Å². The van der Waals surface area contributed by atoms with Gasteiger partial charge in [-0.2, -0.15) is 0 Å². The highest BCUT2D eigenvalue weighted by Crippen LogP contribution is 2.21. The predicted molar refractivity (Wildman–Crippen MR) is 77.1 cm³/mol. The number of halogens is 1. The van der Waals surface area contributed by atoms with Gasteiger partial charge in [0.2, 0.25) is 0 Å². The zero-order valence-electron chi connectivity index (χ0n) is 10.4. The average Bonchev–Trinajstić information content (AvgIpc) is 2.35. The largest absolute Gasteiger partial charge is 0.371 e. The minimum atomic E-state index is 0.0218. The number of ether oxygens (including phenoxy) is 1. The molecule has 0 bridgehead atoms. The molecule has 0 radical (unpaired) electrons. The summed E-state index contributed by atoms with van der Waals surface area (Å²) < 4.78 is 6.37. The quantitative estimate of drug-likeness (QED) is 0.791. The molecule has 0 heterocycles. The summed E-state index contributed by atoms with van der Waals surface area (Å²) in [5.74, 6) is 0.0218. The topological polar surface area (TPSA) is 26.3 Å². The van der Waals surface area contributed by atoms with Gasteiger partial charge in [0.1, 0.15) is 6.61 Å². The first-order valence-corrected chi connectivity index (χ1v) is 6.69. The average molecular weight is 307 g/mol. The highest BCUT2D eigenvalue weighted by atomic mass is 79.9. The molecule has 0 aliphatic heterocycles. The number of ketones is 1. The first-order chi connectivity index (χ1) is 8.56. The van der Waals surface area contributed by atoms with E-state index in [1.807, 2.05) is 50.2 Å². The van der Waals surface area contributed by atoms with E-state index in [-0.39, 0.29) is 18.5 Å². The van der Waals surface area contributed by atoms with Gasteiger partial charge < -0.3 is 4.74 Å². The van der Waals surface area contributed by atoms with Gasteiger partial charge in [-0.25, -0.2) is 0 Å². The zero-order valence-corrected chi connectivity index (χ0v) is 12.0. The first kappa shape index (κ1) is 13.2. The Kier molecular flexibility index (Phi) is 4.15. The smallest absolute Gasteiger partial charge is 0.188 e. The fourth-order valence-electron chi connectivity index (χ4n) is 1.72. The van der Waals surface area contributed by atoms with Crippen molar-refractivity contribution >= 4 is 32.5 Å². The molecule has 94 valence electrons. The van der Waals surface area contributed by atoms with Gasteiger partial charge >= 0.3 is 0 Å². The lowest BCUT2D eigenvalue weighted by Crippen LogP contribution is -2.13. The molecule has 0 atom stereocenters. The van der Waals surface area contributed by atoms with E-state index in [2.05, 4.69) is 15.9 Å². The molecule has 0 aromatic heterocycles. The highest BCUT2D eigenvalue weighted by Gasteiger charge is 2.08. The SMILES string of the molecule is CC(C)OCC(=O)c1ccc2cc(Br)ccc2c1. The molecule has 0 saturated heterocycles. The van der Waals surface area contributed by atoms with Crippen LogP contribution in [0.4, 0.5) is 0 Å². The van der Waals surface area contributed by atoms with Gasteiger partial charge in [-0.1, -0.05) is 34.1 Å². The Morgan fingerprint density at radius 3 is 2.56 bits per heavy atom. The maximum atomic E-state index is 11.9. The van der Waals surface area contributed by atoms with E-state index in [0.29, 0.717) is 5.56 Å². The van der Waals surface area contributed by atoms with Crippen LogP contribution in [0.1, 0.15) is 24.2 Å². The van der Waals surface area contributed by atoms with Crippen LogP contribution in [0.15, 0.2) is 40.9 Å². The summed E-state index contributed by atoms with van der Waals surface area (Å²) >= 11 is 3.43. The van der Waals surface area contributed by atoms with E-state index in [9.17, 15) is 4.79 Å². The second-order valence-corrected chi connectivity index (χ2v) is 5.40. The van der Waals surface area contributed by atoms with Crippen molar-refractivity contribution in [2.75, 3.05) is 6.61 Å². The third-order valence-corrected chi connectivity index (χ3v) is 3.17. The Balaban J connectivity index is 2.24. The summed E-state index contributed by atoms with van der Waals surface area (Å²) in [5, 5.41) is 2.18. The molecule has 2 aromatic rings. The van der Waals surface area contributed by atoms with E-state index in [1.54, 1.807) is 0 Å². The van der Waals surface area contributed by atoms with Gasteiger partial charge in [-0.3, -0.25) is 4.79 Å². The minimum Gasteiger partial charge on any atom is -0.371 e. The van der Waals surface area contributed by atoms with Crippen LogP contribution >= 0.6 is 15.9 Å². The Labute approximate surface area is 115 Å². The van der Waals surface area contributed by atoms with Crippen LogP contribution in [0, 0.1) is 0 Å². The molecule has 18 heavy (non-hydrogen) atoms. The van der Waals surface area contributed by atoms with Crippen molar-refractivity contribution < 1.29 is 9.53 Å². The standard InChI is InChI=1S/C15H15BrO2/c1-10(2)18-9-15(17)13-4-3-12-8-14(16)6-5-11(12)7-13/h3-8,10H,9H2,1-2H3. The third kappa shape index (κ3) is 3.18. The van der Waals surface area contributed by atoms with Crippen LogP contribution in [0.3, 0.4) is 0 Å². The summed E-state index contributed by atoms with van der Waals surface area (Å²) in [6.07, 6.45) is 0.0744. The van der Waals surface area contributed by atoms with Crippen molar-refractivity contribution in [2.24, 2.45) is 0 Å². The number of benzene rings is 2. The Morgan fingerprint density at radius 1 is 1.17 bits per heavy atom. The Hall–Kier alpha value is -1.19. The number of fused-ring (bicyclic) bond motifs is 1. The summed E-state index contributed by atoms with van der Waals surface area (Å²) in [5.41, 5.74) is 0.700. The normalized spacial score (nSPS) is 11.1. The summed E-state index contributed by atoms with van der Waals surface area (Å²) in [4.78, 5) is 11.9. The van der Waals surface area contributed by atoms with Crippen LogP contribution in [-0.4, -0.2) is 18.5 Å². The number of rotatable bonds is 4. The van der Waals surface area contributed by atoms with Gasteiger partial charge in [0.15, 0.2) is 5.78 Å². The molecule has 2 aromatic carbocycles. The molecule has 0 saturated carbocycles. The van der Waals surface area contributed by atoms with Crippen molar-refractivity contribution in [3.05, 3.63) is 46.4 Å². The molecule has 2 nitrogen and oxygen atoms in total. The highest BCUT2D eigenvalue weighted by molar-refractivity contribution is 9.10. The lowest BCUT2D eigenvalue weighted by atomic mass is 10.0. The molecule has 0 aliphatic rings. The molecule has 2 rings (SSSR count). The molecule has 0 unspecified atom stereocenters. The van der Waals surface area contributed by atoms with Gasteiger partial charge in [0.05, 0.1) is 6.10 Å². The summed E-state index contributed by atoms with van der Waals surface area (Å²) in [6.45, 7) is 3.98. The number of carbonyl (C=O) groups excluding carboxylic acids is 1. The first-order valence-electron chi connectivity index (χ1n) is 5.90. The predicted octanol–water partition coefficient (Wildman–Crippen LogP) is 4.21. The summed E-state index contributed by atoms with van der Waals surface area (Å²) in [7, 11) is 0. The van der Waals surface area contributed by atoms with Crippen LogP contribution in [0.5, 0.6) is 0 Å². The number of carbonyl (C=O) groups is 1. The van der Waals surface area contributed by atoms with Crippen LogP contribution in [0.2, 0.25) is 0 Å². The van der Waals surface area contributed by atoms with Crippen LogP contribution in [0.25, 0.3) is 10.8 Å². The molecule has 0 spiro atoms. The van der Waals surface area contributed by atoms with E-state index >= 15 is 0 Å². The fraction of sp³-hybridized carbons (Fsp3) is 0.267. The lowest BCUT2D eigenvalue weighted by Gasteiger charge is -2.07. The van der Waals surface area contributed by atoms with E-state index in [4.69, 9.17) is 4.74 Å². The second-order valence-electron chi connectivity index (χ2n) is 4.49. The molecule has 0 N–H and O–H groups in total. The third-order valence-electron chi connectivity index (χ3n) is 2.67. The van der Waals surface area contributed by atoms with Crippen molar-refractivity contribution in [1.29, 1.82) is 0 Å². The van der Waals surface area contributed by atoms with Crippen molar-refractivity contribution in [1.82, 2.24) is 0 Å². The molecule has 3 heteroatoms. The maximum Gasteiger partial charge on any atom is 0.188 e. The maximum absolute atomic E-state index is 11.9. The molecular weight excluding hydrogens is 292 g/mol. The Morgan fingerprint density at radius 2 is 1.83 bits per heavy atom. The monoisotopic (exact) mass is 306 g/mol. The Bertz CT molecular complexity index is 576. The van der Waals surface area contributed by atoms with Gasteiger partial charge in [0, 0.05) is 10.0 Å². The number of hydrogen-bond acceptors (Lipinski definition) is 2. The van der Waals surface area contributed by atoms with Crippen LogP contribution < -0.4 is 0 Å². The number of Topliss-reactive ketones (excluding diaryl/α,β-unsaturated/α-hetero) is 1. The molecule has 0 amide bonds. The van der Waals surface area contributed by atoms with E-state index < -0.39 is 0 Å². The molecule has 0 fully saturated rings. The van der Waals surface area contributed by atoms with Gasteiger partial charge in [0.25, 0.3) is 0 Å². The second kappa shape index (κ2) is 5.63. The van der Waals surface area contributed by atoms with Crippen molar-refractivity contribution in [3.8, 4) is 0 Å². The number of hydrogen-bond donors (Lipinski definition) is 0. The van der Waals surface area contributed by atoms with Crippen molar-refractivity contribution in [3.63, 3.8) is 0 Å². The molecule has 0 aliphatic carbocycles. The molecular formula is C15H15BrO2. The van der Waals surface area contributed by atoms with Crippen LogP contribution in [-0.2, 0) is 4.74 Å². The summed E-state index contributed by atoms with van der Waals surface area (Å²) in [6, 6.07) is 11.7. The van der Waals surface area contributed by atoms with Gasteiger partial charge in [-0.15, -0.1) is 0 Å². The van der Waals surface area contributed by atoms with E-state index in [0.717, 1.165) is 15.2 Å².